The number of nitrogens with two attached hydrogens (primary N) is 1. The van der Waals surface area contributed by atoms with Crippen LogP contribution in [0.4, 0.5) is 5.82 Å². The number of hydrogen-bond acceptors (Lipinski definition) is 2. The Morgan fingerprint density at radius 3 is 2.37 bits per heavy atom. The van der Waals surface area contributed by atoms with Gasteiger partial charge >= 0.3 is 0 Å². The van der Waals surface area contributed by atoms with Crippen molar-refractivity contribution in [3.8, 4) is 11.3 Å². The summed E-state index contributed by atoms with van der Waals surface area (Å²) in [6.07, 6.45) is 2.46. The van der Waals surface area contributed by atoms with Gasteiger partial charge in [-0.25, -0.2) is 4.98 Å². The third-order valence-electron chi connectivity index (χ3n) is 3.89. The van der Waals surface area contributed by atoms with E-state index in [9.17, 15) is 0 Å². The first-order valence-electron chi connectivity index (χ1n) is 7.02. The van der Waals surface area contributed by atoms with Crippen molar-refractivity contribution >= 4 is 5.82 Å². The van der Waals surface area contributed by atoms with Gasteiger partial charge in [0.1, 0.15) is 17.3 Å². The quantitative estimate of drug-likeness (QED) is 0.904. The summed E-state index contributed by atoms with van der Waals surface area (Å²) < 4.78 is 2.19. The van der Waals surface area contributed by atoms with Crippen LogP contribution in [0.2, 0.25) is 0 Å². The predicted molar refractivity (Wildman–Crippen MR) is 79.2 cm³/mol. The van der Waals surface area contributed by atoms with E-state index < -0.39 is 0 Å². The number of aryl methyl sites for hydroxylation is 1. The monoisotopic (exact) mass is 255 g/mol. The fraction of sp³-hybridized carbons (Fsp3) is 0.438. The SMILES string of the molecule is Cc1nc(-c2ccc(C(C)C)cc2)c(N)n1C1CC1. The van der Waals surface area contributed by atoms with E-state index in [0.717, 1.165) is 22.9 Å². The van der Waals surface area contributed by atoms with E-state index in [0.29, 0.717) is 12.0 Å². The lowest BCUT2D eigenvalue weighted by atomic mass is 10.0. The third kappa shape index (κ3) is 2.14. The average Bonchev–Trinajstić information content (AvgIpc) is 3.16. The van der Waals surface area contributed by atoms with Crippen LogP contribution in [0.25, 0.3) is 11.3 Å². The van der Waals surface area contributed by atoms with Crippen LogP contribution in [-0.2, 0) is 0 Å². The summed E-state index contributed by atoms with van der Waals surface area (Å²) >= 11 is 0. The zero-order chi connectivity index (χ0) is 13.6. The van der Waals surface area contributed by atoms with E-state index in [4.69, 9.17) is 5.73 Å². The molecule has 3 heteroatoms. The van der Waals surface area contributed by atoms with Crippen LogP contribution in [0, 0.1) is 6.92 Å². The zero-order valence-corrected chi connectivity index (χ0v) is 11.9. The minimum Gasteiger partial charge on any atom is -0.383 e. The highest BCUT2D eigenvalue weighted by molar-refractivity contribution is 5.71. The van der Waals surface area contributed by atoms with Gasteiger partial charge in [0.25, 0.3) is 0 Å². The van der Waals surface area contributed by atoms with Crippen molar-refractivity contribution in [1.29, 1.82) is 0 Å². The lowest BCUT2D eigenvalue weighted by Gasteiger charge is -2.07. The number of anilines is 1. The van der Waals surface area contributed by atoms with Crippen molar-refractivity contribution in [2.75, 3.05) is 5.73 Å². The van der Waals surface area contributed by atoms with Crippen molar-refractivity contribution in [2.45, 2.75) is 45.6 Å². The first-order chi connectivity index (χ1) is 9.08. The number of nitrogen functional groups attached to an aromatic ring is 1. The summed E-state index contributed by atoms with van der Waals surface area (Å²) in [6, 6.07) is 9.18. The zero-order valence-electron chi connectivity index (χ0n) is 11.9. The molecule has 100 valence electrons. The molecule has 1 aromatic carbocycles. The van der Waals surface area contributed by atoms with Crippen LogP contribution < -0.4 is 5.73 Å². The smallest absolute Gasteiger partial charge is 0.131 e. The van der Waals surface area contributed by atoms with Gasteiger partial charge in [0, 0.05) is 11.6 Å². The molecule has 0 unspecified atom stereocenters. The largest absolute Gasteiger partial charge is 0.383 e. The van der Waals surface area contributed by atoms with Crippen molar-refractivity contribution in [2.24, 2.45) is 0 Å². The van der Waals surface area contributed by atoms with Crippen molar-refractivity contribution < 1.29 is 0 Å². The number of rotatable bonds is 3. The lowest BCUT2D eigenvalue weighted by Crippen LogP contribution is -2.02. The van der Waals surface area contributed by atoms with E-state index >= 15 is 0 Å². The maximum Gasteiger partial charge on any atom is 0.131 e. The van der Waals surface area contributed by atoms with Crippen LogP contribution in [-0.4, -0.2) is 9.55 Å². The Kier molecular flexibility index (Phi) is 2.85. The first kappa shape index (κ1) is 12.3. The molecule has 19 heavy (non-hydrogen) atoms. The Morgan fingerprint density at radius 1 is 1.21 bits per heavy atom. The van der Waals surface area contributed by atoms with E-state index in [2.05, 4.69) is 47.7 Å². The summed E-state index contributed by atoms with van der Waals surface area (Å²) in [4.78, 5) is 4.65. The number of aromatic nitrogens is 2. The maximum atomic E-state index is 6.28. The van der Waals surface area contributed by atoms with Crippen LogP contribution in [0.3, 0.4) is 0 Å². The van der Waals surface area contributed by atoms with Crippen LogP contribution in [0.15, 0.2) is 24.3 Å². The molecule has 1 heterocycles. The summed E-state index contributed by atoms with van der Waals surface area (Å²) in [7, 11) is 0. The van der Waals surface area contributed by atoms with E-state index in [1.807, 2.05) is 6.92 Å². The maximum absolute atomic E-state index is 6.28. The van der Waals surface area contributed by atoms with Gasteiger partial charge in [-0.3, -0.25) is 0 Å². The normalized spacial score (nSPS) is 15.2. The van der Waals surface area contributed by atoms with Crippen LogP contribution >= 0.6 is 0 Å². The Labute approximate surface area is 114 Å². The summed E-state index contributed by atoms with van der Waals surface area (Å²) in [5.41, 5.74) is 9.67. The molecule has 2 aromatic rings. The number of nitrogens with zero attached hydrogens (tertiary/aromatic N) is 2. The van der Waals surface area contributed by atoms with Gasteiger partial charge in [0.2, 0.25) is 0 Å². The molecule has 1 aliphatic carbocycles. The summed E-state index contributed by atoms with van der Waals surface area (Å²) in [5, 5.41) is 0. The minimum atomic E-state index is 0.553. The summed E-state index contributed by atoms with van der Waals surface area (Å²) in [5.74, 6) is 2.40. The Balaban J connectivity index is 2.00. The fourth-order valence-corrected chi connectivity index (χ4v) is 2.59. The molecule has 1 saturated carbocycles. The van der Waals surface area contributed by atoms with E-state index in [-0.39, 0.29) is 0 Å². The molecule has 3 nitrogen and oxygen atoms in total. The number of hydrogen-bond donors (Lipinski definition) is 1. The van der Waals surface area contributed by atoms with E-state index in [1.165, 1.54) is 18.4 Å². The Morgan fingerprint density at radius 2 is 1.84 bits per heavy atom. The molecule has 0 aliphatic heterocycles. The molecule has 1 fully saturated rings. The second-order valence-corrected chi connectivity index (χ2v) is 5.77. The molecule has 0 atom stereocenters. The van der Waals surface area contributed by atoms with Gasteiger partial charge in [-0.05, 0) is 31.2 Å². The van der Waals surface area contributed by atoms with Gasteiger partial charge in [-0.15, -0.1) is 0 Å². The molecule has 1 aliphatic rings. The minimum absolute atomic E-state index is 0.553. The second kappa shape index (κ2) is 4.41. The first-order valence-corrected chi connectivity index (χ1v) is 7.02. The van der Waals surface area contributed by atoms with Crippen molar-refractivity contribution in [3.05, 3.63) is 35.7 Å². The molecule has 0 saturated heterocycles. The number of imidazole rings is 1. The molecular formula is C16H21N3. The molecule has 0 radical (unpaired) electrons. The average molecular weight is 255 g/mol. The Hall–Kier alpha value is -1.77. The lowest BCUT2D eigenvalue weighted by molar-refractivity contribution is 0.720. The summed E-state index contributed by atoms with van der Waals surface area (Å²) in [6.45, 7) is 6.45. The van der Waals surface area contributed by atoms with Gasteiger partial charge in [0.05, 0.1) is 0 Å². The van der Waals surface area contributed by atoms with Gasteiger partial charge < -0.3 is 10.3 Å². The third-order valence-corrected chi connectivity index (χ3v) is 3.89. The molecular weight excluding hydrogens is 234 g/mol. The fourth-order valence-electron chi connectivity index (χ4n) is 2.59. The topological polar surface area (TPSA) is 43.8 Å². The molecule has 1 aromatic heterocycles. The molecule has 0 bridgehead atoms. The van der Waals surface area contributed by atoms with Gasteiger partial charge in [0.15, 0.2) is 0 Å². The molecule has 0 spiro atoms. The Bertz CT molecular complexity index is 589. The highest BCUT2D eigenvalue weighted by Gasteiger charge is 2.28. The van der Waals surface area contributed by atoms with Crippen LogP contribution in [0.5, 0.6) is 0 Å². The standard InChI is InChI=1S/C16H21N3/c1-10(2)12-4-6-13(7-5-12)15-16(17)19(11(3)18-15)14-8-9-14/h4-7,10,14H,8-9,17H2,1-3H3. The van der Waals surface area contributed by atoms with Crippen molar-refractivity contribution in [1.82, 2.24) is 9.55 Å². The van der Waals surface area contributed by atoms with Crippen molar-refractivity contribution in [3.63, 3.8) is 0 Å². The predicted octanol–water partition coefficient (Wildman–Crippen LogP) is 3.90. The van der Waals surface area contributed by atoms with Crippen LogP contribution in [0.1, 0.15) is 50.0 Å². The highest BCUT2D eigenvalue weighted by Crippen LogP contribution is 2.40. The van der Waals surface area contributed by atoms with Gasteiger partial charge in [-0.2, -0.15) is 0 Å². The molecule has 2 N–H and O–H groups in total. The molecule has 0 amide bonds. The number of benzene rings is 1. The molecule has 3 rings (SSSR count). The van der Waals surface area contributed by atoms with E-state index in [1.54, 1.807) is 0 Å². The highest BCUT2D eigenvalue weighted by atomic mass is 15.2. The van der Waals surface area contributed by atoms with Gasteiger partial charge in [-0.1, -0.05) is 38.1 Å². The second-order valence-electron chi connectivity index (χ2n) is 5.77.